The second-order valence-electron chi connectivity index (χ2n) is 5.32. The van der Waals surface area contributed by atoms with Gasteiger partial charge in [-0.2, -0.15) is 0 Å². The summed E-state index contributed by atoms with van der Waals surface area (Å²) in [7, 11) is 2.07. The Labute approximate surface area is 105 Å². The second kappa shape index (κ2) is 5.09. The lowest BCUT2D eigenvalue weighted by Crippen LogP contribution is -2.46. The summed E-state index contributed by atoms with van der Waals surface area (Å²) in [5.74, 6) is 0. The molecule has 2 nitrogen and oxygen atoms in total. The van der Waals surface area contributed by atoms with Gasteiger partial charge in [-0.3, -0.25) is 0 Å². The number of hydrogen-bond donors (Lipinski definition) is 1. The lowest BCUT2D eigenvalue weighted by atomic mass is 9.97. The van der Waals surface area contributed by atoms with Crippen molar-refractivity contribution >= 4 is 5.69 Å². The summed E-state index contributed by atoms with van der Waals surface area (Å²) >= 11 is 0. The summed E-state index contributed by atoms with van der Waals surface area (Å²) in [5, 5.41) is 3.40. The fourth-order valence-corrected chi connectivity index (χ4v) is 2.72. The van der Waals surface area contributed by atoms with Gasteiger partial charge in [0.05, 0.1) is 0 Å². The van der Waals surface area contributed by atoms with E-state index in [1.54, 1.807) is 0 Å². The van der Waals surface area contributed by atoms with Crippen molar-refractivity contribution in [3.63, 3.8) is 0 Å². The Bertz CT molecular complexity index is 387. The summed E-state index contributed by atoms with van der Waals surface area (Å²) in [5.41, 5.74) is 4.16. The van der Waals surface area contributed by atoms with Crippen LogP contribution >= 0.6 is 0 Å². The zero-order valence-corrected chi connectivity index (χ0v) is 11.5. The van der Waals surface area contributed by atoms with Crippen molar-refractivity contribution in [1.82, 2.24) is 5.32 Å². The van der Waals surface area contributed by atoms with E-state index in [4.69, 9.17) is 0 Å². The van der Waals surface area contributed by atoms with Crippen LogP contribution in [0, 0.1) is 13.8 Å². The molecule has 1 aliphatic rings. The molecule has 1 aromatic carbocycles. The van der Waals surface area contributed by atoms with Gasteiger partial charge in [-0.25, -0.2) is 0 Å². The number of anilines is 1. The number of aryl methyl sites for hydroxylation is 2. The third kappa shape index (κ3) is 2.63. The van der Waals surface area contributed by atoms with Crippen LogP contribution in [0.3, 0.4) is 0 Å². The Hall–Kier alpha value is -1.02. The minimum absolute atomic E-state index is 0.628. The first kappa shape index (κ1) is 12.4. The highest BCUT2D eigenvalue weighted by molar-refractivity contribution is 5.51. The molecule has 2 unspecified atom stereocenters. The Morgan fingerprint density at radius 1 is 1.24 bits per heavy atom. The van der Waals surface area contributed by atoms with Gasteiger partial charge in [-0.05, 0) is 63.9 Å². The van der Waals surface area contributed by atoms with Crippen LogP contribution in [0.5, 0.6) is 0 Å². The molecule has 1 heterocycles. The highest BCUT2D eigenvalue weighted by atomic mass is 15.2. The van der Waals surface area contributed by atoms with Crippen LogP contribution in [-0.2, 0) is 0 Å². The molecular formula is C15H24N2. The van der Waals surface area contributed by atoms with E-state index in [2.05, 4.69) is 56.2 Å². The molecule has 1 saturated heterocycles. The van der Waals surface area contributed by atoms with Crippen LogP contribution in [0.2, 0.25) is 0 Å². The molecule has 1 N–H and O–H groups in total. The number of piperidine rings is 1. The molecule has 1 aromatic rings. The summed E-state index contributed by atoms with van der Waals surface area (Å²) in [6.45, 7) is 7.87. The zero-order chi connectivity index (χ0) is 12.4. The third-order valence-electron chi connectivity index (χ3n) is 4.11. The van der Waals surface area contributed by atoms with Gasteiger partial charge in [0.1, 0.15) is 0 Å². The van der Waals surface area contributed by atoms with Gasteiger partial charge in [0.15, 0.2) is 0 Å². The first-order chi connectivity index (χ1) is 8.11. The van der Waals surface area contributed by atoms with Crippen LogP contribution in [0.4, 0.5) is 5.69 Å². The number of nitrogens with zero attached hydrogens (tertiary/aromatic N) is 1. The Morgan fingerprint density at radius 3 is 2.59 bits per heavy atom. The molecule has 0 amide bonds. The standard InChI is InChI=1S/C15H24N2/c1-11-5-6-15(9-12(11)2)17-8-7-14(16-4)10-13(17)3/h5-6,9,13-14,16H,7-8,10H2,1-4H3. The van der Waals surface area contributed by atoms with Crippen molar-refractivity contribution in [2.45, 2.75) is 45.7 Å². The largest absolute Gasteiger partial charge is 0.369 e. The maximum absolute atomic E-state index is 3.40. The SMILES string of the molecule is CNC1CCN(c2ccc(C)c(C)c2)C(C)C1. The average molecular weight is 232 g/mol. The molecule has 2 atom stereocenters. The van der Waals surface area contributed by atoms with E-state index >= 15 is 0 Å². The predicted octanol–water partition coefficient (Wildman–Crippen LogP) is 2.88. The minimum atomic E-state index is 0.628. The molecule has 0 aromatic heterocycles. The summed E-state index contributed by atoms with van der Waals surface area (Å²) in [4.78, 5) is 2.54. The molecule has 0 radical (unpaired) electrons. The quantitative estimate of drug-likeness (QED) is 0.843. The van der Waals surface area contributed by atoms with E-state index in [0.29, 0.717) is 12.1 Å². The summed E-state index contributed by atoms with van der Waals surface area (Å²) < 4.78 is 0. The van der Waals surface area contributed by atoms with E-state index in [1.807, 2.05) is 0 Å². The van der Waals surface area contributed by atoms with Gasteiger partial charge in [0.2, 0.25) is 0 Å². The van der Waals surface area contributed by atoms with E-state index < -0.39 is 0 Å². The van der Waals surface area contributed by atoms with Crippen LogP contribution in [0.1, 0.15) is 30.9 Å². The van der Waals surface area contributed by atoms with Crippen LogP contribution in [-0.4, -0.2) is 25.7 Å². The fourth-order valence-electron chi connectivity index (χ4n) is 2.72. The van der Waals surface area contributed by atoms with Crippen molar-refractivity contribution in [2.75, 3.05) is 18.5 Å². The zero-order valence-electron chi connectivity index (χ0n) is 11.5. The Balaban J connectivity index is 2.14. The lowest BCUT2D eigenvalue weighted by molar-refractivity contribution is 0.387. The molecule has 0 spiro atoms. The third-order valence-corrected chi connectivity index (χ3v) is 4.11. The fraction of sp³-hybridized carbons (Fsp3) is 0.600. The van der Waals surface area contributed by atoms with Crippen molar-refractivity contribution in [3.8, 4) is 0 Å². The van der Waals surface area contributed by atoms with Crippen LogP contribution < -0.4 is 10.2 Å². The first-order valence-electron chi connectivity index (χ1n) is 6.63. The van der Waals surface area contributed by atoms with Gasteiger partial charge in [0, 0.05) is 24.3 Å². The summed E-state index contributed by atoms with van der Waals surface area (Å²) in [6, 6.07) is 8.14. The molecular weight excluding hydrogens is 208 g/mol. The average Bonchev–Trinajstić information content (AvgIpc) is 2.32. The van der Waals surface area contributed by atoms with Crippen molar-refractivity contribution in [3.05, 3.63) is 29.3 Å². The van der Waals surface area contributed by atoms with Gasteiger partial charge in [-0.1, -0.05) is 6.07 Å². The second-order valence-corrected chi connectivity index (χ2v) is 5.32. The van der Waals surface area contributed by atoms with Crippen molar-refractivity contribution in [1.29, 1.82) is 0 Å². The van der Waals surface area contributed by atoms with E-state index in [1.165, 1.54) is 29.7 Å². The lowest BCUT2D eigenvalue weighted by Gasteiger charge is -2.39. The van der Waals surface area contributed by atoms with Crippen LogP contribution in [0.25, 0.3) is 0 Å². The molecule has 0 aliphatic carbocycles. The van der Waals surface area contributed by atoms with E-state index in [0.717, 1.165) is 6.54 Å². The molecule has 0 saturated carbocycles. The topological polar surface area (TPSA) is 15.3 Å². The number of rotatable bonds is 2. The maximum Gasteiger partial charge on any atom is 0.0371 e. The number of hydrogen-bond acceptors (Lipinski definition) is 2. The molecule has 2 heteroatoms. The molecule has 0 bridgehead atoms. The van der Waals surface area contributed by atoms with Crippen LogP contribution in [0.15, 0.2) is 18.2 Å². The maximum atomic E-state index is 3.40. The highest BCUT2D eigenvalue weighted by Gasteiger charge is 2.24. The molecule has 1 aliphatic heterocycles. The van der Waals surface area contributed by atoms with Gasteiger partial charge in [-0.15, -0.1) is 0 Å². The highest BCUT2D eigenvalue weighted by Crippen LogP contribution is 2.26. The Morgan fingerprint density at radius 2 is 2.00 bits per heavy atom. The molecule has 17 heavy (non-hydrogen) atoms. The van der Waals surface area contributed by atoms with E-state index in [-0.39, 0.29) is 0 Å². The number of nitrogens with one attached hydrogen (secondary N) is 1. The van der Waals surface area contributed by atoms with Gasteiger partial charge < -0.3 is 10.2 Å². The molecule has 94 valence electrons. The van der Waals surface area contributed by atoms with Crippen molar-refractivity contribution < 1.29 is 0 Å². The normalized spacial score (nSPS) is 25.1. The monoisotopic (exact) mass is 232 g/mol. The first-order valence-corrected chi connectivity index (χ1v) is 6.63. The van der Waals surface area contributed by atoms with Gasteiger partial charge in [0.25, 0.3) is 0 Å². The number of benzene rings is 1. The molecule has 1 fully saturated rings. The predicted molar refractivity (Wildman–Crippen MR) is 74.8 cm³/mol. The summed E-state index contributed by atoms with van der Waals surface area (Å²) in [6.07, 6.45) is 2.48. The van der Waals surface area contributed by atoms with E-state index in [9.17, 15) is 0 Å². The van der Waals surface area contributed by atoms with Crippen molar-refractivity contribution in [2.24, 2.45) is 0 Å². The minimum Gasteiger partial charge on any atom is -0.369 e. The van der Waals surface area contributed by atoms with Gasteiger partial charge >= 0.3 is 0 Å². The Kier molecular flexibility index (Phi) is 3.72. The molecule has 2 rings (SSSR count). The smallest absolute Gasteiger partial charge is 0.0371 e.